The molecule has 0 fully saturated rings. The van der Waals surface area contributed by atoms with Crippen molar-refractivity contribution in [1.82, 2.24) is 0 Å². The summed E-state index contributed by atoms with van der Waals surface area (Å²) in [5.41, 5.74) is 1.27. The predicted octanol–water partition coefficient (Wildman–Crippen LogP) is 1.61. The summed E-state index contributed by atoms with van der Waals surface area (Å²) < 4.78 is 0. The second-order valence-electron chi connectivity index (χ2n) is 4.80. The van der Waals surface area contributed by atoms with Crippen LogP contribution in [0.3, 0.4) is 0 Å². The van der Waals surface area contributed by atoms with Gasteiger partial charge >= 0.3 is 0 Å². The lowest BCUT2D eigenvalue weighted by molar-refractivity contribution is -0.122. The highest BCUT2D eigenvalue weighted by atomic mass is 16.3. The molecule has 0 spiro atoms. The maximum atomic E-state index is 12.3. The van der Waals surface area contributed by atoms with E-state index in [-0.39, 0.29) is 12.5 Å². The summed E-state index contributed by atoms with van der Waals surface area (Å²) >= 11 is 0. The zero-order valence-corrected chi connectivity index (χ0v) is 10.2. The third-order valence-electron chi connectivity index (χ3n) is 2.96. The van der Waals surface area contributed by atoms with Gasteiger partial charge in [-0.2, -0.15) is 0 Å². The molecule has 2 rings (SSSR count). The molecule has 0 radical (unpaired) electrons. The number of hydrogen-bond acceptors (Lipinski definition) is 3. The number of nitrogens with zero attached hydrogens (tertiary/aromatic N) is 1. The van der Waals surface area contributed by atoms with Crippen molar-refractivity contribution in [3.05, 3.63) is 24.3 Å². The number of rotatable bonds is 3. The lowest BCUT2D eigenvalue weighted by atomic mass is 9.98. The zero-order valence-electron chi connectivity index (χ0n) is 10.2. The second-order valence-corrected chi connectivity index (χ2v) is 4.80. The van der Waals surface area contributed by atoms with Crippen LogP contribution in [0.2, 0.25) is 0 Å². The number of nitrogens with one attached hydrogen (secondary N) is 1. The number of aliphatic hydroxyl groups excluding tert-OH is 1. The van der Waals surface area contributed by atoms with E-state index >= 15 is 0 Å². The quantitative estimate of drug-likeness (QED) is 0.835. The SMILES string of the molecule is CC1(C)Nc2ccccc2N(CCCO)C1=O. The van der Waals surface area contributed by atoms with Crippen molar-refractivity contribution in [1.29, 1.82) is 0 Å². The highest BCUT2D eigenvalue weighted by Gasteiger charge is 2.37. The predicted molar refractivity (Wildman–Crippen MR) is 68.2 cm³/mol. The normalized spacial score (nSPS) is 17.6. The Bertz CT molecular complexity index is 429. The molecule has 0 aromatic heterocycles. The molecule has 17 heavy (non-hydrogen) atoms. The minimum Gasteiger partial charge on any atom is -0.396 e. The monoisotopic (exact) mass is 234 g/mol. The minimum atomic E-state index is -0.593. The third kappa shape index (κ3) is 2.13. The largest absolute Gasteiger partial charge is 0.396 e. The number of para-hydroxylation sites is 2. The van der Waals surface area contributed by atoms with Gasteiger partial charge in [0.25, 0.3) is 5.91 Å². The van der Waals surface area contributed by atoms with E-state index in [1.54, 1.807) is 4.90 Å². The Hall–Kier alpha value is -1.55. The number of anilines is 2. The first-order valence-corrected chi connectivity index (χ1v) is 5.86. The van der Waals surface area contributed by atoms with Gasteiger partial charge in [0.05, 0.1) is 11.4 Å². The van der Waals surface area contributed by atoms with Crippen LogP contribution in [-0.4, -0.2) is 29.7 Å². The van der Waals surface area contributed by atoms with Gasteiger partial charge < -0.3 is 15.3 Å². The Morgan fingerprint density at radius 1 is 1.35 bits per heavy atom. The Kier molecular flexibility index (Phi) is 3.07. The van der Waals surface area contributed by atoms with Crippen molar-refractivity contribution in [2.45, 2.75) is 25.8 Å². The van der Waals surface area contributed by atoms with Crippen LogP contribution in [0.25, 0.3) is 0 Å². The summed E-state index contributed by atoms with van der Waals surface area (Å²) in [6.45, 7) is 4.39. The fourth-order valence-electron chi connectivity index (χ4n) is 2.10. The molecule has 1 heterocycles. The van der Waals surface area contributed by atoms with Gasteiger partial charge in [0, 0.05) is 13.2 Å². The highest BCUT2D eigenvalue weighted by molar-refractivity contribution is 6.07. The van der Waals surface area contributed by atoms with Crippen molar-refractivity contribution >= 4 is 17.3 Å². The van der Waals surface area contributed by atoms with Gasteiger partial charge in [-0.3, -0.25) is 4.79 Å². The summed E-state index contributed by atoms with van der Waals surface area (Å²) in [6, 6.07) is 7.75. The van der Waals surface area contributed by atoms with Crippen molar-refractivity contribution in [2.24, 2.45) is 0 Å². The molecular formula is C13H18N2O2. The van der Waals surface area contributed by atoms with Gasteiger partial charge in [-0.1, -0.05) is 12.1 Å². The van der Waals surface area contributed by atoms with Gasteiger partial charge in [-0.05, 0) is 32.4 Å². The van der Waals surface area contributed by atoms with Gasteiger partial charge in [-0.25, -0.2) is 0 Å². The molecule has 1 aliphatic heterocycles. The first-order chi connectivity index (χ1) is 8.06. The van der Waals surface area contributed by atoms with Crippen LogP contribution < -0.4 is 10.2 Å². The summed E-state index contributed by atoms with van der Waals surface area (Å²) in [6.07, 6.45) is 0.593. The summed E-state index contributed by atoms with van der Waals surface area (Å²) in [5.74, 6) is 0.0460. The average Bonchev–Trinajstić information content (AvgIpc) is 2.29. The maximum absolute atomic E-state index is 12.3. The van der Waals surface area contributed by atoms with Crippen LogP contribution in [0.1, 0.15) is 20.3 Å². The Labute approximate surface area is 101 Å². The first kappa shape index (κ1) is 11.9. The van der Waals surface area contributed by atoms with E-state index in [9.17, 15) is 4.79 Å². The molecule has 0 saturated heterocycles. The molecule has 0 atom stereocenters. The summed E-state index contributed by atoms with van der Waals surface area (Å²) in [4.78, 5) is 14.0. The third-order valence-corrected chi connectivity index (χ3v) is 2.96. The molecular weight excluding hydrogens is 216 g/mol. The van der Waals surface area contributed by atoms with Crippen LogP contribution in [0.15, 0.2) is 24.3 Å². The summed E-state index contributed by atoms with van der Waals surface area (Å²) in [5, 5.41) is 12.1. The molecule has 4 heteroatoms. The number of amides is 1. The molecule has 1 aromatic rings. The first-order valence-electron chi connectivity index (χ1n) is 5.86. The Morgan fingerprint density at radius 3 is 2.76 bits per heavy atom. The van der Waals surface area contributed by atoms with Gasteiger partial charge in [0.15, 0.2) is 0 Å². The van der Waals surface area contributed by atoms with Crippen LogP contribution >= 0.6 is 0 Å². The van der Waals surface area contributed by atoms with Crippen molar-refractivity contribution in [3.8, 4) is 0 Å². The van der Waals surface area contributed by atoms with E-state index in [1.807, 2.05) is 38.1 Å². The molecule has 4 nitrogen and oxygen atoms in total. The van der Waals surface area contributed by atoms with E-state index in [0.29, 0.717) is 13.0 Å². The van der Waals surface area contributed by atoms with Gasteiger partial charge in [0.2, 0.25) is 0 Å². The van der Waals surface area contributed by atoms with Gasteiger partial charge in [-0.15, -0.1) is 0 Å². The summed E-state index contributed by atoms with van der Waals surface area (Å²) in [7, 11) is 0. The molecule has 0 saturated carbocycles. The van der Waals surface area contributed by atoms with E-state index in [2.05, 4.69) is 5.32 Å². The molecule has 1 aliphatic rings. The number of carbonyl (C=O) groups is 1. The molecule has 2 N–H and O–H groups in total. The number of benzene rings is 1. The van der Waals surface area contributed by atoms with E-state index in [1.165, 1.54) is 0 Å². The van der Waals surface area contributed by atoms with Crippen molar-refractivity contribution in [2.75, 3.05) is 23.4 Å². The average molecular weight is 234 g/mol. The molecule has 1 amide bonds. The molecule has 0 unspecified atom stereocenters. The lowest BCUT2D eigenvalue weighted by Gasteiger charge is -2.39. The van der Waals surface area contributed by atoms with Crippen molar-refractivity contribution in [3.63, 3.8) is 0 Å². The zero-order chi connectivity index (χ0) is 12.5. The molecule has 0 aliphatic carbocycles. The Morgan fingerprint density at radius 2 is 2.06 bits per heavy atom. The van der Waals surface area contributed by atoms with Crippen LogP contribution in [0.4, 0.5) is 11.4 Å². The van der Waals surface area contributed by atoms with E-state index in [4.69, 9.17) is 5.11 Å². The number of aliphatic hydroxyl groups is 1. The second kappa shape index (κ2) is 4.37. The van der Waals surface area contributed by atoms with Gasteiger partial charge in [0.1, 0.15) is 5.54 Å². The Balaban J connectivity index is 2.38. The lowest BCUT2D eigenvalue weighted by Crippen LogP contribution is -2.54. The van der Waals surface area contributed by atoms with E-state index in [0.717, 1.165) is 11.4 Å². The number of carbonyl (C=O) groups excluding carboxylic acids is 1. The topological polar surface area (TPSA) is 52.6 Å². The fraction of sp³-hybridized carbons (Fsp3) is 0.462. The van der Waals surface area contributed by atoms with Crippen LogP contribution in [0.5, 0.6) is 0 Å². The van der Waals surface area contributed by atoms with Crippen LogP contribution in [0, 0.1) is 0 Å². The molecule has 92 valence electrons. The standard InChI is InChI=1S/C13H18N2O2/c1-13(2)12(17)15(8-5-9-16)11-7-4-3-6-10(11)14-13/h3-4,6-7,14,16H,5,8-9H2,1-2H3. The smallest absolute Gasteiger partial charge is 0.252 e. The fourth-order valence-corrected chi connectivity index (χ4v) is 2.10. The number of hydrogen-bond donors (Lipinski definition) is 2. The number of fused-ring (bicyclic) bond motifs is 1. The maximum Gasteiger partial charge on any atom is 0.252 e. The molecule has 0 bridgehead atoms. The minimum absolute atomic E-state index is 0.0460. The van der Waals surface area contributed by atoms with Crippen molar-refractivity contribution < 1.29 is 9.90 Å². The molecule has 1 aromatic carbocycles. The highest BCUT2D eigenvalue weighted by Crippen LogP contribution is 2.34. The van der Waals surface area contributed by atoms with E-state index < -0.39 is 5.54 Å². The van der Waals surface area contributed by atoms with Crippen LogP contribution in [-0.2, 0) is 4.79 Å².